The highest BCUT2D eigenvalue weighted by molar-refractivity contribution is 9.10. The van der Waals surface area contributed by atoms with Crippen molar-refractivity contribution in [3.63, 3.8) is 0 Å². The number of pyridine rings is 1. The van der Waals surface area contributed by atoms with Crippen LogP contribution in [0.15, 0.2) is 77.4 Å². The third-order valence-corrected chi connectivity index (χ3v) is 4.18. The number of benzene rings is 2. The van der Waals surface area contributed by atoms with E-state index in [0.717, 1.165) is 23.4 Å². The van der Waals surface area contributed by atoms with E-state index in [1.165, 1.54) is 16.7 Å². The summed E-state index contributed by atoms with van der Waals surface area (Å²) in [6.07, 6.45) is 1.87. The molecule has 1 heterocycles. The average molecular weight is 367 g/mol. The van der Waals surface area contributed by atoms with Crippen molar-refractivity contribution < 1.29 is 0 Å². The van der Waals surface area contributed by atoms with Crippen LogP contribution in [0.4, 0.5) is 5.82 Å². The quantitative estimate of drug-likeness (QED) is 0.604. The summed E-state index contributed by atoms with van der Waals surface area (Å²) in [6, 6.07) is 23.2. The van der Waals surface area contributed by atoms with E-state index in [4.69, 9.17) is 0 Å². The van der Waals surface area contributed by atoms with E-state index in [9.17, 15) is 0 Å². The Hall–Kier alpha value is -2.13. The van der Waals surface area contributed by atoms with Gasteiger partial charge in [-0.15, -0.1) is 0 Å². The fourth-order valence-corrected chi connectivity index (χ4v) is 3.12. The van der Waals surface area contributed by atoms with Gasteiger partial charge in [0.05, 0.1) is 0 Å². The molecule has 1 aromatic heterocycles. The first-order valence-corrected chi connectivity index (χ1v) is 8.46. The summed E-state index contributed by atoms with van der Waals surface area (Å²) in [7, 11) is 0. The molecule has 0 saturated carbocycles. The second kappa shape index (κ2) is 7.42. The summed E-state index contributed by atoms with van der Waals surface area (Å²) in [4.78, 5) is 6.98. The predicted molar refractivity (Wildman–Crippen MR) is 99.4 cm³/mol. The number of nitrogens with zero attached hydrogens (tertiary/aromatic N) is 2. The van der Waals surface area contributed by atoms with Crippen LogP contribution >= 0.6 is 15.9 Å². The van der Waals surface area contributed by atoms with E-state index >= 15 is 0 Å². The molecule has 23 heavy (non-hydrogen) atoms. The fraction of sp³-hybridized carbons (Fsp3) is 0.150. The van der Waals surface area contributed by atoms with Gasteiger partial charge in [-0.2, -0.15) is 0 Å². The first-order valence-electron chi connectivity index (χ1n) is 7.67. The van der Waals surface area contributed by atoms with Gasteiger partial charge in [0.25, 0.3) is 0 Å². The van der Waals surface area contributed by atoms with Crippen LogP contribution in [0.5, 0.6) is 0 Å². The van der Waals surface area contributed by atoms with E-state index in [2.05, 4.69) is 87.3 Å². The molecular weight excluding hydrogens is 348 g/mol. The second-order valence-corrected chi connectivity index (χ2v) is 6.54. The van der Waals surface area contributed by atoms with Gasteiger partial charge < -0.3 is 4.90 Å². The Bertz CT molecular complexity index is 716. The van der Waals surface area contributed by atoms with Crippen molar-refractivity contribution in [3.05, 3.63) is 94.1 Å². The van der Waals surface area contributed by atoms with Gasteiger partial charge in [0.15, 0.2) is 0 Å². The third-order valence-electron chi connectivity index (χ3n) is 3.75. The van der Waals surface area contributed by atoms with Gasteiger partial charge in [0.2, 0.25) is 0 Å². The lowest BCUT2D eigenvalue weighted by Gasteiger charge is -2.25. The molecule has 0 bridgehead atoms. The van der Waals surface area contributed by atoms with E-state index in [0.29, 0.717) is 0 Å². The molecule has 0 saturated heterocycles. The van der Waals surface area contributed by atoms with Crippen LogP contribution in [0.3, 0.4) is 0 Å². The number of hydrogen-bond acceptors (Lipinski definition) is 2. The van der Waals surface area contributed by atoms with Gasteiger partial charge in [-0.05, 0) is 45.6 Å². The van der Waals surface area contributed by atoms with Gasteiger partial charge in [-0.3, -0.25) is 0 Å². The smallest absolute Gasteiger partial charge is 0.132 e. The lowest BCUT2D eigenvalue weighted by Crippen LogP contribution is -2.24. The minimum Gasteiger partial charge on any atom is -0.348 e. The molecule has 0 aliphatic carbocycles. The van der Waals surface area contributed by atoms with Crippen molar-refractivity contribution in [2.24, 2.45) is 0 Å². The summed E-state index contributed by atoms with van der Waals surface area (Å²) in [5.74, 6) is 1.03. The lowest BCUT2D eigenvalue weighted by molar-refractivity contribution is 0.779. The third kappa shape index (κ3) is 4.20. The summed E-state index contributed by atoms with van der Waals surface area (Å²) in [5, 5.41) is 0. The molecule has 0 N–H and O–H groups in total. The van der Waals surface area contributed by atoms with Crippen molar-refractivity contribution in [2.75, 3.05) is 4.90 Å². The molecule has 0 aliphatic heterocycles. The molecule has 0 radical (unpaired) electrons. The summed E-state index contributed by atoms with van der Waals surface area (Å²) in [6.45, 7) is 3.78. The maximum absolute atomic E-state index is 4.65. The van der Waals surface area contributed by atoms with Crippen molar-refractivity contribution in [1.29, 1.82) is 0 Å². The number of hydrogen-bond donors (Lipinski definition) is 0. The van der Waals surface area contributed by atoms with Crippen molar-refractivity contribution in [3.8, 4) is 0 Å². The number of aryl methyl sites for hydroxylation is 1. The molecule has 0 amide bonds. The van der Waals surface area contributed by atoms with Gasteiger partial charge in [0.1, 0.15) is 5.82 Å². The number of aromatic nitrogens is 1. The van der Waals surface area contributed by atoms with Crippen molar-refractivity contribution in [1.82, 2.24) is 4.98 Å². The Labute approximate surface area is 145 Å². The minimum atomic E-state index is 0.838. The first kappa shape index (κ1) is 15.8. The van der Waals surface area contributed by atoms with Gasteiger partial charge in [-0.1, -0.05) is 60.7 Å². The largest absolute Gasteiger partial charge is 0.348 e. The normalized spacial score (nSPS) is 10.5. The highest BCUT2D eigenvalue weighted by Gasteiger charge is 2.12. The Morgan fingerprint density at radius 2 is 1.39 bits per heavy atom. The number of halogens is 1. The molecule has 3 rings (SSSR count). The van der Waals surface area contributed by atoms with Crippen LogP contribution in [-0.4, -0.2) is 4.98 Å². The topological polar surface area (TPSA) is 16.1 Å². The lowest BCUT2D eigenvalue weighted by atomic mass is 10.1. The molecule has 2 nitrogen and oxygen atoms in total. The molecule has 0 spiro atoms. The zero-order valence-electron chi connectivity index (χ0n) is 13.1. The van der Waals surface area contributed by atoms with E-state index < -0.39 is 0 Å². The summed E-state index contributed by atoms with van der Waals surface area (Å²) in [5.41, 5.74) is 3.74. The Balaban J connectivity index is 1.92. The maximum Gasteiger partial charge on any atom is 0.132 e. The molecule has 2 aromatic carbocycles. The molecule has 116 valence electrons. The zero-order valence-corrected chi connectivity index (χ0v) is 14.7. The maximum atomic E-state index is 4.65. The molecule has 0 aliphatic rings. The highest BCUT2D eigenvalue weighted by atomic mass is 79.9. The van der Waals surface area contributed by atoms with Crippen LogP contribution in [0.25, 0.3) is 0 Å². The first-order chi connectivity index (χ1) is 11.2. The monoisotopic (exact) mass is 366 g/mol. The van der Waals surface area contributed by atoms with E-state index in [-0.39, 0.29) is 0 Å². The molecule has 0 fully saturated rings. The van der Waals surface area contributed by atoms with E-state index in [1.54, 1.807) is 0 Å². The highest BCUT2D eigenvalue weighted by Crippen LogP contribution is 2.24. The van der Waals surface area contributed by atoms with Gasteiger partial charge >= 0.3 is 0 Å². The molecule has 0 unspecified atom stereocenters. The number of rotatable bonds is 5. The average Bonchev–Trinajstić information content (AvgIpc) is 2.56. The summed E-state index contributed by atoms with van der Waals surface area (Å²) < 4.78 is 1.01. The van der Waals surface area contributed by atoms with Crippen LogP contribution in [0.1, 0.15) is 16.7 Å². The fourth-order valence-electron chi connectivity index (χ4n) is 2.68. The Morgan fingerprint density at radius 3 is 1.87 bits per heavy atom. The predicted octanol–water partition coefficient (Wildman–Crippen LogP) is 5.36. The van der Waals surface area contributed by atoms with E-state index in [1.807, 2.05) is 18.3 Å². The Morgan fingerprint density at radius 1 is 0.870 bits per heavy atom. The van der Waals surface area contributed by atoms with Crippen LogP contribution in [-0.2, 0) is 13.1 Å². The van der Waals surface area contributed by atoms with Crippen LogP contribution in [0, 0.1) is 6.92 Å². The molecule has 0 atom stereocenters. The van der Waals surface area contributed by atoms with Crippen molar-refractivity contribution in [2.45, 2.75) is 20.0 Å². The van der Waals surface area contributed by atoms with Gasteiger partial charge in [0, 0.05) is 23.8 Å². The van der Waals surface area contributed by atoms with Crippen molar-refractivity contribution >= 4 is 21.7 Å². The Kier molecular flexibility index (Phi) is 5.09. The molecule has 3 aromatic rings. The second-order valence-electron chi connectivity index (χ2n) is 5.62. The van der Waals surface area contributed by atoms with Gasteiger partial charge in [-0.25, -0.2) is 4.98 Å². The standard InChI is InChI=1S/C20H19BrN2/c1-16-12-19(21)13-22-20(16)23(14-17-8-4-2-5-9-17)15-18-10-6-3-7-11-18/h2-13H,14-15H2,1H3. The van der Waals surface area contributed by atoms with Crippen LogP contribution in [0.2, 0.25) is 0 Å². The molecule has 3 heteroatoms. The molecular formula is C20H19BrN2. The van der Waals surface area contributed by atoms with Crippen LogP contribution < -0.4 is 4.90 Å². The minimum absolute atomic E-state index is 0.838. The zero-order chi connectivity index (χ0) is 16.1. The SMILES string of the molecule is Cc1cc(Br)cnc1N(Cc1ccccc1)Cc1ccccc1. The number of anilines is 1. The summed E-state index contributed by atoms with van der Waals surface area (Å²) >= 11 is 3.50.